The van der Waals surface area contributed by atoms with Crippen molar-refractivity contribution in [2.24, 2.45) is 5.92 Å². The molecule has 0 heterocycles. The summed E-state index contributed by atoms with van der Waals surface area (Å²) in [4.78, 5) is 0. The topological polar surface area (TPSA) is 12.0 Å². The maximum absolute atomic E-state index is 5.82. The third kappa shape index (κ3) is 9.47. The fourth-order valence-corrected chi connectivity index (χ4v) is 2.01. The molecule has 0 saturated carbocycles. The van der Waals surface area contributed by atoms with E-state index in [2.05, 4.69) is 26.1 Å². The van der Waals surface area contributed by atoms with Crippen molar-refractivity contribution in [3.63, 3.8) is 0 Å². The molecule has 0 aliphatic heterocycles. The largest absolute Gasteiger partial charge is 0.314 e. The summed E-state index contributed by atoms with van der Waals surface area (Å²) in [5.74, 6) is 1.33. The highest BCUT2D eigenvalue weighted by Gasteiger charge is 2.08. The van der Waals surface area contributed by atoms with Gasteiger partial charge in [-0.25, -0.2) is 0 Å². The maximum Gasteiger partial charge on any atom is 0.0263 e. The summed E-state index contributed by atoms with van der Waals surface area (Å²) < 4.78 is 0. The van der Waals surface area contributed by atoms with E-state index >= 15 is 0 Å². The fraction of sp³-hybridized carbons (Fsp3) is 1.00. The van der Waals surface area contributed by atoms with Gasteiger partial charge in [0, 0.05) is 11.9 Å². The number of hydrogen-bond donors (Lipinski definition) is 1. The lowest BCUT2D eigenvalue weighted by Gasteiger charge is -2.18. The molecule has 0 aliphatic carbocycles. The molecule has 0 aromatic carbocycles. The average molecular weight is 248 g/mol. The van der Waals surface area contributed by atoms with Gasteiger partial charge in [0.05, 0.1) is 0 Å². The van der Waals surface area contributed by atoms with E-state index < -0.39 is 0 Å². The van der Waals surface area contributed by atoms with E-state index in [4.69, 9.17) is 11.6 Å². The van der Waals surface area contributed by atoms with Gasteiger partial charge >= 0.3 is 0 Å². The molecule has 98 valence electrons. The molecule has 0 bridgehead atoms. The Kier molecular flexibility index (Phi) is 11.9. The highest BCUT2D eigenvalue weighted by molar-refractivity contribution is 6.18. The standard InChI is InChI=1S/C14H30ClN/c1-4-5-6-7-8-9-10-11-16-14(3)13(2)12-15/h13-14,16H,4-12H2,1-3H3. The molecule has 0 aromatic rings. The fourth-order valence-electron chi connectivity index (χ4n) is 1.75. The zero-order valence-electron chi connectivity index (χ0n) is 11.4. The Hall–Kier alpha value is 0.250. The van der Waals surface area contributed by atoms with Crippen LogP contribution >= 0.6 is 11.6 Å². The number of nitrogens with one attached hydrogen (secondary N) is 1. The van der Waals surface area contributed by atoms with Crippen LogP contribution in [0.3, 0.4) is 0 Å². The van der Waals surface area contributed by atoms with Crippen LogP contribution in [-0.4, -0.2) is 18.5 Å². The summed E-state index contributed by atoms with van der Waals surface area (Å²) in [5.41, 5.74) is 0. The zero-order chi connectivity index (χ0) is 12.2. The Morgan fingerprint density at radius 2 is 1.50 bits per heavy atom. The monoisotopic (exact) mass is 247 g/mol. The van der Waals surface area contributed by atoms with E-state index in [0.717, 1.165) is 12.4 Å². The van der Waals surface area contributed by atoms with Crippen LogP contribution in [-0.2, 0) is 0 Å². The normalized spacial score (nSPS) is 15.0. The number of rotatable bonds is 11. The van der Waals surface area contributed by atoms with Gasteiger partial charge in [0.25, 0.3) is 0 Å². The van der Waals surface area contributed by atoms with Crippen LogP contribution in [0.25, 0.3) is 0 Å². The second-order valence-electron chi connectivity index (χ2n) is 5.00. The van der Waals surface area contributed by atoms with Crippen LogP contribution in [0.1, 0.15) is 65.7 Å². The van der Waals surface area contributed by atoms with Gasteiger partial charge in [0.1, 0.15) is 0 Å². The molecular weight excluding hydrogens is 218 g/mol. The van der Waals surface area contributed by atoms with E-state index in [1.165, 1.54) is 44.9 Å². The summed E-state index contributed by atoms with van der Waals surface area (Å²) in [5, 5.41) is 3.55. The predicted octanol–water partition coefficient (Wildman–Crippen LogP) is 4.59. The molecule has 2 unspecified atom stereocenters. The first-order valence-electron chi connectivity index (χ1n) is 7.01. The van der Waals surface area contributed by atoms with Crippen LogP contribution < -0.4 is 5.32 Å². The van der Waals surface area contributed by atoms with Crippen molar-refractivity contribution in [3.05, 3.63) is 0 Å². The summed E-state index contributed by atoms with van der Waals surface area (Å²) in [7, 11) is 0. The second-order valence-corrected chi connectivity index (χ2v) is 5.30. The van der Waals surface area contributed by atoms with Gasteiger partial charge in [-0.05, 0) is 25.8 Å². The number of alkyl halides is 1. The molecule has 0 spiro atoms. The van der Waals surface area contributed by atoms with Gasteiger partial charge in [-0.1, -0.05) is 52.4 Å². The van der Waals surface area contributed by atoms with Gasteiger partial charge in [0.15, 0.2) is 0 Å². The molecule has 2 heteroatoms. The van der Waals surface area contributed by atoms with E-state index in [1.54, 1.807) is 0 Å². The van der Waals surface area contributed by atoms with Crippen molar-refractivity contribution >= 4 is 11.6 Å². The van der Waals surface area contributed by atoms with Crippen LogP contribution in [0.15, 0.2) is 0 Å². The molecule has 0 aromatic heterocycles. The number of halogens is 1. The van der Waals surface area contributed by atoms with E-state index in [9.17, 15) is 0 Å². The van der Waals surface area contributed by atoms with Crippen molar-refractivity contribution in [2.75, 3.05) is 12.4 Å². The van der Waals surface area contributed by atoms with Gasteiger partial charge in [0.2, 0.25) is 0 Å². The third-order valence-electron chi connectivity index (χ3n) is 3.34. The lowest BCUT2D eigenvalue weighted by Crippen LogP contribution is -2.33. The molecule has 16 heavy (non-hydrogen) atoms. The molecular formula is C14H30ClN. The molecule has 2 atom stereocenters. The van der Waals surface area contributed by atoms with Crippen molar-refractivity contribution in [1.29, 1.82) is 0 Å². The molecule has 0 radical (unpaired) electrons. The molecule has 0 saturated heterocycles. The van der Waals surface area contributed by atoms with Crippen molar-refractivity contribution in [3.8, 4) is 0 Å². The minimum absolute atomic E-state index is 0.553. The summed E-state index contributed by atoms with van der Waals surface area (Å²) in [6.45, 7) is 7.85. The number of hydrogen-bond acceptors (Lipinski definition) is 1. The first-order valence-corrected chi connectivity index (χ1v) is 7.55. The van der Waals surface area contributed by atoms with Crippen molar-refractivity contribution in [1.82, 2.24) is 5.32 Å². The lowest BCUT2D eigenvalue weighted by molar-refractivity contribution is 0.422. The van der Waals surface area contributed by atoms with E-state index in [0.29, 0.717) is 12.0 Å². The Morgan fingerprint density at radius 3 is 2.06 bits per heavy atom. The third-order valence-corrected chi connectivity index (χ3v) is 3.83. The van der Waals surface area contributed by atoms with E-state index in [-0.39, 0.29) is 0 Å². The Morgan fingerprint density at radius 1 is 0.938 bits per heavy atom. The lowest BCUT2D eigenvalue weighted by atomic mass is 10.1. The van der Waals surface area contributed by atoms with Gasteiger partial charge in [-0.15, -0.1) is 11.6 Å². The molecule has 0 amide bonds. The molecule has 0 fully saturated rings. The van der Waals surface area contributed by atoms with E-state index in [1.807, 2.05) is 0 Å². The van der Waals surface area contributed by atoms with Crippen LogP contribution in [0, 0.1) is 5.92 Å². The van der Waals surface area contributed by atoms with Crippen LogP contribution in [0.5, 0.6) is 0 Å². The molecule has 0 rings (SSSR count). The second kappa shape index (κ2) is 11.7. The van der Waals surface area contributed by atoms with Crippen molar-refractivity contribution < 1.29 is 0 Å². The molecule has 1 nitrogen and oxygen atoms in total. The van der Waals surface area contributed by atoms with Crippen LogP contribution in [0.2, 0.25) is 0 Å². The van der Waals surface area contributed by atoms with Crippen LogP contribution in [0.4, 0.5) is 0 Å². The first-order chi connectivity index (χ1) is 7.72. The zero-order valence-corrected chi connectivity index (χ0v) is 12.2. The highest BCUT2D eigenvalue weighted by Crippen LogP contribution is 2.07. The maximum atomic E-state index is 5.82. The van der Waals surface area contributed by atoms with Gasteiger partial charge in [-0.3, -0.25) is 0 Å². The quantitative estimate of drug-likeness (QED) is 0.416. The summed E-state index contributed by atoms with van der Waals surface area (Å²) in [6.07, 6.45) is 9.67. The summed E-state index contributed by atoms with van der Waals surface area (Å²) in [6, 6.07) is 0.553. The number of unbranched alkanes of at least 4 members (excludes halogenated alkanes) is 6. The Balaban J connectivity index is 3.14. The minimum atomic E-state index is 0.553. The predicted molar refractivity (Wildman–Crippen MR) is 75.3 cm³/mol. The summed E-state index contributed by atoms with van der Waals surface area (Å²) >= 11 is 5.82. The molecule has 1 N–H and O–H groups in total. The first kappa shape index (κ1) is 16.2. The van der Waals surface area contributed by atoms with Gasteiger partial charge < -0.3 is 5.32 Å². The highest BCUT2D eigenvalue weighted by atomic mass is 35.5. The Labute approximate surface area is 107 Å². The average Bonchev–Trinajstić information content (AvgIpc) is 2.31. The minimum Gasteiger partial charge on any atom is -0.314 e. The van der Waals surface area contributed by atoms with Crippen molar-refractivity contribution in [2.45, 2.75) is 71.8 Å². The smallest absolute Gasteiger partial charge is 0.0263 e. The SMILES string of the molecule is CCCCCCCCCNC(C)C(C)CCl. The Bertz CT molecular complexity index is 139. The molecule has 0 aliphatic rings. The van der Waals surface area contributed by atoms with Gasteiger partial charge in [-0.2, -0.15) is 0 Å².